The predicted molar refractivity (Wildman–Crippen MR) is 144 cm³/mol. The molecule has 4 rings (SSSR count). The molecule has 3 aliphatic rings. The van der Waals surface area contributed by atoms with Gasteiger partial charge in [-0.1, -0.05) is 13.0 Å². The van der Waals surface area contributed by atoms with Crippen LogP contribution in [0.2, 0.25) is 0 Å². The van der Waals surface area contributed by atoms with E-state index in [2.05, 4.69) is 5.32 Å². The van der Waals surface area contributed by atoms with Crippen LogP contribution in [0.25, 0.3) is 6.08 Å². The Hall–Kier alpha value is -3.74. The fraction of sp³-hybridized carbons (Fsp3) is 0.517. The van der Waals surface area contributed by atoms with Crippen molar-refractivity contribution in [2.24, 2.45) is 29.4 Å². The first-order valence-corrected chi connectivity index (χ1v) is 13.2. The SMILES string of the molecule is CC1c2c(/C=C/C(=O)NC(C)(C)C)ccc(O)c2C(=O)C2C(=O)C3(O)C(=O)C(C(N)=O)C(=O)C(N(C)C)C3C(O)C21. The number of benzene rings is 1. The second-order valence-electron chi connectivity index (χ2n) is 12.4. The molecular weight excluding hydrogens is 534 g/mol. The third-order valence-electron chi connectivity index (χ3n) is 8.41. The van der Waals surface area contributed by atoms with Crippen molar-refractivity contribution in [3.63, 3.8) is 0 Å². The Balaban J connectivity index is 1.89. The number of aromatic hydroxyl groups is 1. The van der Waals surface area contributed by atoms with E-state index in [9.17, 15) is 44.1 Å². The number of phenolic OH excluding ortho intramolecular Hbond substituents is 1. The highest BCUT2D eigenvalue weighted by Crippen LogP contribution is 2.55. The molecule has 12 nitrogen and oxygen atoms in total. The van der Waals surface area contributed by atoms with Crippen LogP contribution < -0.4 is 11.1 Å². The van der Waals surface area contributed by atoms with Crippen molar-refractivity contribution in [3.05, 3.63) is 34.9 Å². The van der Waals surface area contributed by atoms with Gasteiger partial charge in [0.25, 0.3) is 0 Å². The first-order chi connectivity index (χ1) is 18.9. The molecule has 0 bridgehead atoms. The van der Waals surface area contributed by atoms with Gasteiger partial charge in [0, 0.05) is 17.5 Å². The predicted octanol–water partition coefficient (Wildman–Crippen LogP) is -0.673. The molecule has 41 heavy (non-hydrogen) atoms. The molecule has 0 spiro atoms. The molecule has 12 heteroatoms. The summed E-state index contributed by atoms with van der Waals surface area (Å²) in [5.41, 5.74) is 2.13. The molecule has 0 radical (unpaired) electrons. The highest BCUT2D eigenvalue weighted by molar-refractivity contribution is 6.32. The molecule has 1 aromatic carbocycles. The van der Waals surface area contributed by atoms with Crippen molar-refractivity contribution in [3.8, 4) is 5.75 Å². The lowest BCUT2D eigenvalue weighted by molar-refractivity contribution is -0.196. The summed E-state index contributed by atoms with van der Waals surface area (Å²) in [5, 5.41) is 36.9. The van der Waals surface area contributed by atoms with Crippen LogP contribution in [0.5, 0.6) is 5.75 Å². The monoisotopic (exact) mass is 569 g/mol. The number of amides is 2. The Morgan fingerprint density at radius 2 is 1.71 bits per heavy atom. The van der Waals surface area contributed by atoms with Crippen molar-refractivity contribution in [1.82, 2.24) is 10.2 Å². The molecule has 2 saturated carbocycles. The quantitative estimate of drug-likeness (QED) is 0.228. The van der Waals surface area contributed by atoms with Gasteiger partial charge in [0.15, 0.2) is 34.7 Å². The van der Waals surface area contributed by atoms with Gasteiger partial charge in [-0.25, -0.2) is 0 Å². The largest absolute Gasteiger partial charge is 0.507 e. The summed E-state index contributed by atoms with van der Waals surface area (Å²) < 4.78 is 0. The van der Waals surface area contributed by atoms with Crippen molar-refractivity contribution in [2.75, 3.05) is 14.1 Å². The molecule has 0 aromatic heterocycles. The number of fused-ring (bicyclic) bond motifs is 3. The number of rotatable bonds is 4. The first-order valence-electron chi connectivity index (χ1n) is 13.2. The zero-order valence-electron chi connectivity index (χ0n) is 23.7. The molecule has 0 saturated heterocycles. The number of likely N-dealkylation sites (N-methyl/N-ethyl adjacent to an activating group) is 1. The van der Waals surface area contributed by atoms with Gasteiger partial charge in [0.2, 0.25) is 11.8 Å². The average Bonchev–Trinajstić information content (AvgIpc) is 2.84. The Bertz CT molecular complexity index is 1410. The minimum absolute atomic E-state index is 0.241. The third kappa shape index (κ3) is 4.50. The third-order valence-corrected chi connectivity index (χ3v) is 8.41. The maximum Gasteiger partial charge on any atom is 0.244 e. The maximum absolute atomic E-state index is 14.0. The number of primary amides is 1. The summed E-state index contributed by atoms with van der Waals surface area (Å²) >= 11 is 0. The number of aliphatic hydroxyl groups is 2. The number of hydrogen-bond acceptors (Lipinski definition) is 10. The minimum Gasteiger partial charge on any atom is -0.507 e. The number of nitrogens with zero attached hydrogens (tertiary/aromatic N) is 1. The van der Waals surface area contributed by atoms with Crippen LogP contribution in [0.3, 0.4) is 0 Å². The Morgan fingerprint density at radius 1 is 1.10 bits per heavy atom. The normalized spacial score (nSPS) is 33.4. The van der Waals surface area contributed by atoms with Crippen LogP contribution >= 0.6 is 0 Å². The lowest BCUT2D eigenvalue weighted by Gasteiger charge is -2.56. The number of phenols is 1. The molecule has 3 aliphatic carbocycles. The molecule has 6 N–H and O–H groups in total. The molecular formula is C29H35N3O9. The highest BCUT2D eigenvalue weighted by atomic mass is 16.3. The van der Waals surface area contributed by atoms with Gasteiger partial charge in [-0.2, -0.15) is 0 Å². The molecule has 8 unspecified atom stereocenters. The van der Waals surface area contributed by atoms with Gasteiger partial charge in [-0.05, 0) is 64.1 Å². The summed E-state index contributed by atoms with van der Waals surface area (Å²) in [6.45, 7) is 7.02. The van der Waals surface area contributed by atoms with E-state index in [1.165, 1.54) is 43.3 Å². The number of aliphatic hydroxyl groups excluding tert-OH is 1. The molecule has 220 valence electrons. The lowest BCUT2D eigenvalue weighted by Crippen LogP contribution is -2.77. The molecule has 2 fully saturated rings. The fourth-order valence-corrected chi connectivity index (χ4v) is 6.82. The number of ketones is 4. The van der Waals surface area contributed by atoms with Crippen LogP contribution in [0.15, 0.2) is 18.2 Å². The second kappa shape index (κ2) is 9.97. The van der Waals surface area contributed by atoms with Crippen LogP contribution in [-0.2, 0) is 24.0 Å². The van der Waals surface area contributed by atoms with Crippen molar-refractivity contribution < 1.29 is 44.1 Å². The second-order valence-corrected chi connectivity index (χ2v) is 12.4. The van der Waals surface area contributed by atoms with Crippen LogP contribution in [-0.4, -0.2) is 92.5 Å². The number of nitrogens with one attached hydrogen (secondary N) is 1. The van der Waals surface area contributed by atoms with Gasteiger partial charge in [0.05, 0.1) is 29.5 Å². The van der Waals surface area contributed by atoms with E-state index < -0.39 is 93.6 Å². The van der Waals surface area contributed by atoms with E-state index in [4.69, 9.17) is 5.73 Å². The van der Waals surface area contributed by atoms with Crippen molar-refractivity contribution in [2.45, 2.75) is 56.9 Å². The summed E-state index contributed by atoms with van der Waals surface area (Å²) in [6, 6.07) is 1.26. The molecule has 2 amide bonds. The zero-order valence-corrected chi connectivity index (χ0v) is 23.7. The van der Waals surface area contributed by atoms with E-state index in [1.807, 2.05) is 0 Å². The molecule has 1 aromatic rings. The molecule has 0 heterocycles. The first kappa shape index (κ1) is 30.2. The smallest absolute Gasteiger partial charge is 0.244 e. The van der Waals surface area contributed by atoms with Crippen LogP contribution in [0.4, 0.5) is 0 Å². The van der Waals surface area contributed by atoms with E-state index in [0.29, 0.717) is 5.56 Å². The standard InChI is InChI=1S/C29H35N3O9/c1-11-15-12(8-10-14(34)31-28(2,3)4)7-9-13(33)17(15)22(35)18-16(11)23(36)20-21(32(5)6)24(37)19(27(30)40)26(39)29(20,41)25(18)38/h7-11,16,18-21,23,33,36,41H,1-6H3,(H2,30,40)(H,31,34)/b10-8+. The van der Waals surface area contributed by atoms with Gasteiger partial charge in [-0.3, -0.25) is 33.7 Å². The number of Topliss-reactive ketones (excluding diaryl/α,β-unsaturated/α-hetero) is 4. The Kier molecular flexibility index (Phi) is 7.35. The lowest BCUT2D eigenvalue weighted by atomic mass is 9.49. The topological polar surface area (TPSA) is 204 Å². The fourth-order valence-electron chi connectivity index (χ4n) is 6.82. The van der Waals surface area contributed by atoms with Crippen molar-refractivity contribution in [1.29, 1.82) is 0 Å². The number of nitrogens with two attached hydrogens (primary N) is 1. The van der Waals surface area contributed by atoms with Gasteiger partial charge in [0.1, 0.15) is 5.75 Å². The average molecular weight is 570 g/mol. The molecule has 8 atom stereocenters. The van der Waals surface area contributed by atoms with Crippen LogP contribution in [0.1, 0.15) is 55.1 Å². The summed E-state index contributed by atoms with van der Waals surface area (Å²) in [5.74, 6) is -14.5. The van der Waals surface area contributed by atoms with Gasteiger partial charge >= 0.3 is 0 Å². The molecule has 0 aliphatic heterocycles. The van der Waals surface area contributed by atoms with Gasteiger partial charge in [-0.15, -0.1) is 0 Å². The summed E-state index contributed by atoms with van der Waals surface area (Å²) in [7, 11) is 2.85. The Labute approximate surface area is 236 Å². The van der Waals surface area contributed by atoms with Gasteiger partial charge < -0.3 is 26.4 Å². The number of hydrogen-bond donors (Lipinski definition) is 5. The van der Waals surface area contributed by atoms with E-state index in [0.717, 1.165) is 0 Å². The summed E-state index contributed by atoms with van der Waals surface area (Å²) in [4.78, 5) is 80.4. The number of carbonyl (C=O) groups excluding carboxylic acids is 6. The summed E-state index contributed by atoms with van der Waals surface area (Å²) in [6.07, 6.45) is 0.963. The minimum atomic E-state index is -3.06. The maximum atomic E-state index is 14.0. The van der Waals surface area contributed by atoms with Crippen LogP contribution in [0, 0.1) is 23.7 Å². The zero-order chi connectivity index (χ0) is 30.9. The highest BCUT2D eigenvalue weighted by Gasteiger charge is 2.73. The Morgan fingerprint density at radius 3 is 2.24 bits per heavy atom. The van der Waals surface area contributed by atoms with Crippen molar-refractivity contribution >= 4 is 41.0 Å². The van der Waals surface area contributed by atoms with E-state index in [1.54, 1.807) is 27.7 Å². The number of carbonyl (C=O) groups is 6. The van der Waals surface area contributed by atoms with E-state index in [-0.39, 0.29) is 11.1 Å². The van der Waals surface area contributed by atoms with E-state index >= 15 is 0 Å².